The van der Waals surface area contributed by atoms with Crippen LogP contribution in [0.5, 0.6) is 11.5 Å². The number of guanidine groups is 1. The van der Waals surface area contributed by atoms with Crippen molar-refractivity contribution in [2.45, 2.75) is 111 Å². The summed E-state index contributed by atoms with van der Waals surface area (Å²) >= 11 is 0. The Morgan fingerprint density at radius 2 is 1.11 bits per heavy atom. The summed E-state index contributed by atoms with van der Waals surface area (Å²) in [7, 11) is 0. The molecule has 3 atom stereocenters. The van der Waals surface area contributed by atoms with Crippen LogP contribution < -0.4 is 42.6 Å². The number of ether oxygens (including phenoxy) is 3. The number of carbonyl (C=O) groups excluding carboxylic acids is 4. The van der Waals surface area contributed by atoms with Gasteiger partial charge < -0.3 is 47.4 Å². The second-order valence-electron chi connectivity index (χ2n) is 17.6. The van der Waals surface area contributed by atoms with Crippen LogP contribution in [0.1, 0.15) is 92.9 Å². The number of benzene rings is 4. The molecule has 0 aliphatic rings. The number of unbranched alkanes of at least 4 members (excludes halogenated alkanes) is 1. The highest BCUT2D eigenvalue weighted by Crippen LogP contribution is 2.45. The molecular weight excluding hydrogens is 881 g/mol. The van der Waals surface area contributed by atoms with Crippen LogP contribution in [0.2, 0.25) is 0 Å². The average molecular weight is 955 g/mol. The van der Waals surface area contributed by atoms with Crippen LogP contribution >= 0.6 is 24.8 Å². The third-order valence-electron chi connectivity index (χ3n) is 10.8. The summed E-state index contributed by atoms with van der Waals surface area (Å²) in [4.78, 5) is 59.1. The molecule has 14 nitrogen and oxygen atoms in total. The lowest BCUT2D eigenvalue weighted by Crippen LogP contribution is -2.56. The largest absolute Gasteiger partial charge is 0.493 e. The van der Waals surface area contributed by atoms with Crippen LogP contribution in [0.3, 0.4) is 0 Å². The number of esters is 1. The lowest BCUT2D eigenvalue weighted by atomic mass is 9.92. The van der Waals surface area contributed by atoms with Crippen molar-refractivity contribution in [2.75, 3.05) is 32.9 Å². The highest BCUT2D eigenvalue weighted by molar-refractivity contribution is 6.10. The summed E-state index contributed by atoms with van der Waals surface area (Å²) in [6.07, 6.45) is 3.79. The zero-order valence-corrected chi connectivity index (χ0v) is 41.1. The van der Waals surface area contributed by atoms with Crippen LogP contribution in [0.25, 0.3) is 32.7 Å². The molecule has 4 aromatic carbocycles. The van der Waals surface area contributed by atoms with E-state index in [1.807, 2.05) is 88.4 Å². The van der Waals surface area contributed by atoms with Gasteiger partial charge in [0.15, 0.2) is 12.6 Å². The molecule has 0 aromatic heterocycles. The molecule has 364 valence electrons. The molecule has 4 rings (SSSR count). The van der Waals surface area contributed by atoms with Crippen molar-refractivity contribution < 1.29 is 33.4 Å². The minimum atomic E-state index is -1.08. The van der Waals surface area contributed by atoms with Crippen LogP contribution in [0.4, 0.5) is 0 Å². The van der Waals surface area contributed by atoms with Gasteiger partial charge in [-0.2, -0.15) is 0 Å². The smallest absolute Gasteiger partial charge is 0.328 e. The van der Waals surface area contributed by atoms with Gasteiger partial charge in [0.05, 0.1) is 13.2 Å². The average Bonchev–Trinajstić information content (AvgIpc) is 3.25. The minimum Gasteiger partial charge on any atom is -0.493 e. The van der Waals surface area contributed by atoms with Gasteiger partial charge in [-0.1, -0.05) is 102 Å². The molecule has 0 aliphatic heterocycles. The maximum absolute atomic E-state index is 14.1. The summed E-state index contributed by atoms with van der Waals surface area (Å²) < 4.78 is 18.4. The molecule has 0 heterocycles. The molecule has 0 unspecified atom stereocenters. The van der Waals surface area contributed by atoms with E-state index in [2.05, 4.69) is 46.9 Å². The third-order valence-corrected chi connectivity index (χ3v) is 10.8. The van der Waals surface area contributed by atoms with Gasteiger partial charge in [0.25, 0.3) is 5.91 Å². The molecular formula is C50H73Cl2N7O7. The summed E-state index contributed by atoms with van der Waals surface area (Å²) in [5, 5.41) is 12.5. The van der Waals surface area contributed by atoms with E-state index < -0.39 is 48.4 Å². The molecule has 0 aliphatic carbocycles. The first-order valence-corrected chi connectivity index (χ1v) is 22.8. The Bertz CT molecular complexity index is 2180. The molecule has 0 spiro atoms. The Hall–Kier alpha value is -5.31. The SMILES string of the molecule is CC(C)CCOC(=O)[C@@H](CC(C)C)NC(=O)[C@H](CCCN=C(N)N)NC(=O)[C@@H](CCCCN)NC(=O)COc1ccc2ccccc2c1-c1c(OCCC(C)C)ccc2ccccc12.Cl.Cl. The topological polar surface area (TPSA) is 222 Å². The molecule has 66 heavy (non-hydrogen) atoms. The van der Waals surface area contributed by atoms with E-state index in [1.165, 1.54) is 0 Å². The van der Waals surface area contributed by atoms with E-state index in [0.29, 0.717) is 68.6 Å². The maximum Gasteiger partial charge on any atom is 0.328 e. The first kappa shape index (κ1) is 56.8. The Balaban J connectivity index is 0.00000748. The number of nitrogens with one attached hydrogen (secondary N) is 3. The molecule has 0 fully saturated rings. The standard InChI is InChI=1S/C50H71N7O7.2ClH/c1-32(2)24-28-62-42-22-20-35-14-7-9-16-37(35)45(42)46-38-17-10-8-15-36(38)21-23-43(46)64-31-44(58)55-39(18-11-12-26-51)47(59)56-40(19-13-27-54-50(52)53)48(60)57-41(30-34(5)6)49(61)63-29-25-33(3)4;;/h7-10,14-17,20-23,32-34,39-41H,11-13,18-19,24-31,51H2,1-6H3,(H,55,58)(H,56,59)(H,57,60)(H4,52,53,54);2*1H/t39-,40+,41-;;/m1../s1. The van der Waals surface area contributed by atoms with Gasteiger partial charge in [0.2, 0.25) is 11.8 Å². The molecule has 9 N–H and O–H groups in total. The number of nitrogens with zero attached hydrogens (tertiary/aromatic N) is 1. The van der Waals surface area contributed by atoms with Gasteiger partial charge in [-0.3, -0.25) is 19.4 Å². The van der Waals surface area contributed by atoms with Gasteiger partial charge in [-0.05, 0) is 109 Å². The fourth-order valence-electron chi connectivity index (χ4n) is 7.30. The number of aliphatic imine (C=N–C) groups is 1. The number of hydrogen-bond acceptors (Lipinski definition) is 9. The van der Waals surface area contributed by atoms with Crippen molar-refractivity contribution in [1.82, 2.24) is 16.0 Å². The van der Waals surface area contributed by atoms with Gasteiger partial charge in [-0.25, -0.2) is 4.79 Å². The normalized spacial score (nSPS) is 12.4. The van der Waals surface area contributed by atoms with Gasteiger partial charge in [-0.15, -0.1) is 24.8 Å². The molecule has 0 bridgehead atoms. The van der Waals surface area contributed by atoms with Crippen molar-refractivity contribution in [3.05, 3.63) is 72.8 Å². The summed E-state index contributed by atoms with van der Waals surface area (Å²) in [6, 6.07) is 20.9. The van der Waals surface area contributed by atoms with E-state index in [0.717, 1.165) is 39.1 Å². The molecule has 3 amide bonds. The third kappa shape index (κ3) is 18.2. The zero-order chi connectivity index (χ0) is 46.6. The Morgan fingerprint density at radius 3 is 1.65 bits per heavy atom. The van der Waals surface area contributed by atoms with Crippen molar-refractivity contribution in [2.24, 2.45) is 39.9 Å². The monoisotopic (exact) mass is 953 g/mol. The number of amides is 3. The number of rotatable bonds is 27. The van der Waals surface area contributed by atoms with E-state index in [4.69, 9.17) is 31.4 Å². The minimum absolute atomic E-state index is 0. The van der Waals surface area contributed by atoms with Gasteiger partial charge >= 0.3 is 5.97 Å². The fraction of sp³-hybridized carbons (Fsp3) is 0.500. The van der Waals surface area contributed by atoms with Crippen LogP contribution in [-0.4, -0.2) is 80.7 Å². The number of fused-ring (bicyclic) bond motifs is 2. The van der Waals surface area contributed by atoms with E-state index in [-0.39, 0.29) is 62.7 Å². The summed E-state index contributed by atoms with van der Waals surface area (Å²) in [5.41, 5.74) is 18.5. The number of hydrogen-bond donors (Lipinski definition) is 6. The molecule has 4 aromatic rings. The highest BCUT2D eigenvalue weighted by Gasteiger charge is 2.31. The van der Waals surface area contributed by atoms with Crippen LogP contribution in [0, 0.1) is 17.8 Å². The molecule has 0 radical (unpaired) electrons. The first-order valence-electron chi connectivity index (χ1n) is 22.8. The van der Waals surface area contributed by atoms with E-state index in [9.17, 15) is 19.2 Å². The van der Waals surface area contributed by atoms with E-state index in [1.54, 1.807) is 0 Å². The number of nitrogens with two attached hydrogens (primary N) is 3. The predicted octanol–water partition coefficient (Wildman–Crippen LogP) is 7.58. The predicted molar refractivity (Wildman–Crippen MR) is 270 cm³/mol. The van der Waals surface area contributed by atoms with Crippen LogP contribution in [-0.2, 0) is 23.9 Å². The van der Waals surface area contributed by atoms with Crippen molar-refractivity contribution in [1.29, 1.82) is 0 Å². The Morgan fingerprint density at radius 1 is 0.591 bits per heavy atom. The zero-order valence-electron chi connectivity index (χ0n) is 39.4. The Labute approximate surface area is 403 Å². The number of halogens is 2. The summed E-state index contributed by atoms with van der Waals surface area (Å²) in [6.45, 7) is 13.2. The van der Waals surface area contributed by atoms with Crippen molar-refractivity contribution in [3.63, 3.8) is 0 Å². The Kier molecular flexibility index (Phi) is 25.3. The highest BCUT2D eigenvalue weighted by atomic mass is 35.5. The van der Waals surface area contributed by atoms with Crippen molar-refractivity contribution >= 4 is 76.0 Å². The second-order valence-corrected chi connectivity index (χ2v) is 17.6. The van der Waals surface area contributed by atoms with E-state index >= 15 is 0 Å². The van der Waals surface area contributed by atoms with Gasteiger partial charge in [0, 0.05) is 17.7 Å². The molecule has 0 saturated carbocycles. The summed E-state index contributed by atoms with van der Waals surface area (Å²) in [5.74, 6) is -0.281. The number of carbonyl (C=O) groups is 4. The van der Waals surface area contributed by atoms with Crippen molar-refractivity contribution in [3.8, 4) is 22.6 Å². The second kappa shape index (κ2) is 29.4. The maximum atomic E-state index is 14.1. The molecule has 0 saturated heterocycles. The first-order chi connectivity index (χ1) is 30.7. The van der Waals surface area contributed by atoms with Crippen LogP contribution in [0.15, 0.2) is 77.8 Å². The lowest BCUT2D eigenvalue weighted by molar-refractivity contribution is -0.149. The quantitative estimate of drug-likeness (QED) is 0.0149. The fourth-order valence-corrected chi connectivity index (χ4v) is 7.30. The molecule has 16 heteroatoms. The van der Waals surface area contributed by atoms with Gasteiger partial charge in [0.1, 0.15) is 29.6 Å². The lowest BCUT2D eigenvalue weighted by Gasteiger charge is -2.26.